The topological polar surface area (TPSA) is 87.9 Å². The molecule has 0 radical (unpaired) electrons. The second kappa shape index (κ2) is 8.61. The lowest BCUT2D eigenvalue weighted by Crippen LogP contribution is -2.53. The van der Waals surface area contributed by atoms with Gasteiger partial charge in [-0.3, -0.25) is 9.59 Å². The number of aliphatic hydroxyl groups is 1. The minimum absolute atomic E-state index is 0.0357. The maximum atomic E-state index is 12.9. The number of rotatable bonds is 6. The predicted molar refractivity (Wildman–Crippen MR) is 123 cm³/mol. The standard InChI is InChI=1S/C25H28N4O4/c1-2-33-17-29-22-8-7-20(15-21(22)16-26-29)18-3-5-19(6-4-18)23(30)27-11-13-28(14-12-27)24(31)25(32)9-10-25/h3-8,15-16,32H,2,9-14,17H2,1H3. The van der Waals surface area contributed by atoms with Crippen molar-refractivity contribution in [3.63, 3.8) is 0 Å². The number of hydrogen-bond acceptors (Lipinski definition) is 5. The van der Waals surface area contributed by atoms with E-state index in [1.54, 1.807) is 9.80 Å². The second-order valence-electron chi connectivity index (χ2n) is 8.73. The summed E-state index contributed by atoms with van der Waals surface area (Å²) in [6.45, 7) is 4.90. The Kier molecular flexibility index (Phi) is 5.64. The van der Waals surface area contributed by atoms with Crippen molar-refractivity contribution in [1.29, 1.82) is 0 Å². The zero-order valence-corrected chi connectivity index (χ0v) is 18.7. The number of carbonyl (C=O) groups is 2. The molecule has 8 nitrogen and oxygen atoms in total. The number of aromatic nitrogens is 2. The van der Waals surface area contributed by atoms with Crippen LogP contribution in [0.1, 0.15) is 30.1 Å². The lowest BCUT2D eigenvalue weighted by atomic mass is 10.0. The SMILES string of the molecule is CCOCn1ncc2cc(-c3ccc(C(=O)N4CCN(C(=O)C5(O)CC5)CC4)cc3)ccc21. The number of amides is 2. The predicted octanol–water partition coefficient (Wildman–Crippen LogP) is 2.51. The van der Waals surface area contributed by atoms with E-state index in [1.165, 1.54) is 0 Å². The van der Waals surface area contributed by atoms with Gasteiger partial charge in [0.2, 0.25) is 0 Å². The molecule has 3 aromatic rings. The first-order valence-electron chi connectivity index (χ1n) is 11.4. The van der Waals surface area contributed by atoms with Crippen molar-refractivity contribution in [1.82, 2.24) is 19.6 Å². The third kappa shape index (κ3) is 4.24. The molecule has 0 spiro atoms. The van der Waals surface area contributed by atoms with Crippen LogP contribution >= 0.6 is 0 Å². The lowest BCUT2D eigenvalue weighted by Gasteiger charge is -2.35. The fraction of sp³-hybridized carbons (Fsp3) is 0.400. The molecule has 2 aliphatic rings. The lowest BCUT2D eigenvalue weighted by molar-refractivity contribution is -0.143. The van der Waals surface area contributed by atoms with E-state index in [1.807, 2.05) is 54.2 Å². The number of hydrogen-bond donors (Lipinski definition) is 1. The zero-order valence-electron chi connectivity index (χ0n) is 18.7. The number of piperazine rings is 1. The number of carbonyl (C=O) groups excluding carboxylic acids is 2. The maximum absolute atomic E-state index is 12.9. The summed E-state index contributed by atoms with van der Waals surface area (Å²) >= 11 is 0. The molecule has 2 amide bonds. The average Bonchev–Trinajstić information content (AvgIpc) is 3.49. The van der Waals surface area contributed by atoms with Gasteiger partial charge in [-0.2, -0.15) is 5.10 Å². The number of fused-ring (bicyclic) bond motifs is 1. The van der Waals surface area contributed by atoms with E-state index in [4.69, 9.17) is 4.74 Å². The maximum Gasteiger partial charge on any atom is 0.254 e. The van der Waals surface area contributed by atoms with Crippen LogP contribution < -0.4 is 0 Å². The molecule has 1 aliphatic carbocycles. The minimum Gasteiger partial charge on any atom is -0.380 e. The van der Waals surface area contributed by atoms with E-state index >= 15 is 0 Å². The quantitative estimate of drug-likeness (QED) is 0.626. The van der Waals surface area contributed by atoms with Gasteiger partial charge in [0.15, 0.2) is 0 Å². The first kappa shape index (κ1) is 21.6. The summed E-state index contributed by atoms with van der Waals surface area (Å²) in [5.41, 5.74) is 2.59. The summed E-state index contributed by atoms with van der Waals surface area (Å²) in [5.74, 6) is -0.231. The molecular formula is C25H28N4O4. The van der Waals surface area contributed by atoms with Gasteiger partial charge in [0.1, 0.15) is 12.3 Å². The third-order valence-electron chi connectivity index (χ3n) is 6.50. The van der Waals surface area contributed by atoms with Crippen molar-refractivity contribution in [3.05, 3.63) is 54.2 Å². The molecule has 172 valence electrons. The van der Waals surface area contributed by atoms with Gasteiger partial charge in [0.05, 0.1) is 11.7 Å². The van der Waals surface area contributed by atoms with Crippen molar-refractivity contribution in [3.8, 4) is 11.1 Å². The molecule has 0 atom stereocenters. The highest BCUT2D eigenvalue weighted by Gasteiger charge is 2.50. The molecule has 1 N–H and O–H groups in total. The second-order valence-corrected chi connectivity index (χ2v) is 8.73. The third-order valence-corrected chi connectivity index (χ3v) is 6.50. The molecular weight excluding hydrogens is 420 g/mol. The van der Waals surface area contributed by atoms with E-state index in [9.17, 15) is 14.7 Å². The van der Waals surface area contributed by atoms with Gasteiger partial charge < -0.3 is 19.6 Å². The number of benzene rings is 2. The Bertz CT molecular complexity index is 1170. The highest BCUT2D eigenvalue weighted by molar-refractivity contribution is 5.95. The smallest absolute Gasteiger partial charge is 0.254 e. The Morgan fingerprint density at radius 2 is 1.67 bits per heavy atom. The summed E-state index contributed by atoms with van der Waals surface area (Å²) in [7, 11) is 0. The largest absolute Gasteiger partial charge is 0.380 e. The summed E-state index contributed by atoms with van der Waals surface area (Å²) < 4.78 is 7.29. The first-order chi connectivity index (χ1) is 16.0. The Morgan fingerprint density at radius 3 is 2.33 bits per heavy atom. The fourth-order valence-electron chi connectivity index (χ4n) is 4.27. The summed E-state index contributed by atoms with van der Waals surface area (Å²) in [6, 6.07) is 13.8. The van der Waals surface area contributed by atoms with Crippen LogP contribution in [0.3, 0.4) is 0 Å². The summed E-state index contributed by atoms with van der Waals surface area (Å²) in [4.78, 5) is 28.7. The molecule has 2 heterocycles. The van der Waals surface area contributed by atoms with Gasteiger partial charge >= 0.3 is 0 Å². The summed E-state index contributed by atoms with van der Waals surface area (Å²) in [5, 5.41) is 15.5. The van der Waals surface area contributed by atoms with Crippen molar-refractivity contribution in [2.75, 3.05) is 32.8 Å². The Balaban J connectivity index is 1.24. The van der Waals surface area contributed by atoms with Crippen molar-refractivity contribution >= 4 is 22.7 Å². The summed E-state index contributed by atoms with van der Waals surface area (Å²) in [6.07, 6.45) is 2.92. The highest BCUT2D eigenvalue weighted by Crippen LogP contribution is 2.37. The van der Waals surface area contributed by atoms with E-state index in [0.717, 1.165) is 22.0 Å². The highest BCUT2D eigenvalue weighted by atomic mass is 16.5. The van der Waals surface area contributed by atoms with Crippen LogP contribution in [0.25, 0.3) is 22.0 Å². The molecule has 1 saturated heterocycles. The molecule has 0 unspecified atom stereocenters. The Morgan fingerprint density at radius 1 is 1.00 bits per heavy atom. The van der Waals surface area contributed by atoms with E-state index in [2.05, 4.69) is 11.2 Å². The van der Waals surface area contributed by atoms with E-state index in [0.29, 0.717) is 57.9 Å². The van der Waals surface area contributed by atoms with Gasteiger partial charge in [-0.25, -0.2) is 4.68 Å². The van der Waals surface area contributed by atoms with Crippen LogP contribution in [0.5, 0.6) is 0 Å². The molecule has 2 aromatic carbocycles. The van der Waals surface area contributed by atoms with Gasteiger partial charge in [0.25, 0.3) is 11.8 Å². The van der Waals surface area contributed by atoms with Crippen molar-refractivity contribution in [2.24, 2.45) is 0 Å². The van der Waals surface area contributed by atoms with Gasteiger partial charge in [-0.1, -0.05) is 18.2 Å². The number of nitrogens with zero attached hydrogens (tertiary/aromatic N) is 4. The van der Waals surface area contributed by atoms with Gasteiger partial charge in [-0.15, -0.1) is 0 Å². The van der Waals surface area contributed by atoms with E-state index in [-0.39, 0.29) is 11.8 Å². The zero-order chi connectivity index (χ0) is 23.0. The Labute approximate surface area is 192 Å². The molecule has 2 fully saturated rings. The molecule has 0 bridgehead atoms. The van der Waals surface area contributed by atoms with Crippen LogP contribution in [0.4, 0.5) is 0 Å². The van der Waals surface area contributed by atoms with E-state index < -0.39 is 5.60 Å². The first-order valence-corrected chi connectivity index (χ1v) is 11.4. The molecule has 33 heavy (non-hydrogen) atoms. The van der Waals surface area contributed by atoms with Gasteiger partial charge in [-0.05, 0) is 55.2 Å². The number of ether oxygens (including phenoxy) is 1. The molecule has 1 saturated carbocycles. The van der Waals surface area contributed by atoms with Crippen LogP contribution in [0.15, 0.2) is 48.7 Å². The van der Waals surface area contributed by atoms with Gasteiger partial charge in [0, 0.05) is 43.7 Å². The fourth-order valence-corrected chi connectivity index (χ4v) is 4.27. The molecule has 1 aromatic heterocycles. The monoisotopic (exact) mass is 448 g/mol. The normalized spacial score (nSPS) is 17.4. The minimum atomic E-state index is -1.15. The average molecular weight is 449 g/mol. The van der Waals surface area contributed by atoms with Crippen LogP contribution in [-0.4, -0.2) is 74.9 Å². The molecule has 5 rings (SSSR count). The molecule has 1 aliphatic heterocycles. The molecule has 8 heteroatoms. The van der Waals surface area contributed by atoms with Crippen molar-refractivity contribution in [2.45, 2.75) is 32.1 Å². The Hall–Kier alpha value is -3.23. The van der Waals surface area contributed by atoms with Crippen molar-refractivity contribution < 1.29 is 19.4 Å². The van der Waals surface area contributed by atoms with Crippen LogP contribution in [0.2, 0.25) is 0 Å². The van der Waals surface area contributed by atoms with Crippen LogP contribution in [0, 0.1) is 0 Å². The van der Waals surface area contributed by atoms with Crippen LogP contribution in [-0.2, 0) is 16.3 Å².